The predicted octanol–water partition coefficient (Wildman–Crippen LogP) is 1.12. The Morgan fingerprint density at radius 1 is 0.750 bits per heavy atom. The maximum atomic E-state index is 5.96. The lowest BCUT2D eigenvalue weighted by molar-refractivity contribution is 0.297. The summed E-state index contributed by atoms with van der Waals surface area (Å²) >= 11 is 0. The molecule has 4 atom stereocenters. The van der Waals surface area contributed by atoms with Crippen LogP contribution in [0.25, 0.3) is 0 Å². The van der Waals surface area contributed by atoms with Crippen molar-refractivity contribution in [2.75, 3.05) is 0 Å². The Balaban J connectivity index is 0.000000640. The molecule has 92 valence electrons. The van der Waals surface area contributed by atoms with Gasteiger partial charge in [0.2, 0.25) is 0 Å². The van der Waals surface area contributed by atoms with Crippen molar-refractivity contribution in [2.45, 2.75) is 37.8 Å². The van der Waals surface area contributed by atoms with Crippen molar-refractivity contribution in [3.8, 4) is 0 Å². The molecule has 4 N–H and O–H groups in total. The third kappa shape index (κ3) is 1.89. The molecule has 1 fully saturated rings. The molecule has 0 saturated heterocycles. The lowest BCUT2D eigenvalue weighted by atomic mass is 9.74. The van der Waals surface area contributed by atoms with Gasteiger partial charge in [-0.25, -0.2) is 0 Å². The van der Waals surface area contributed by atoms with E-state index in [1.165, 1.54) is 0 Å². The van der Waals surface area contributed by atoms with Crippen molar-refractivity contribution in [3.63, 3.8) is 0 Å². The quantitative estimate of drug-likeness (QED) is 0.688. The standard InChI is InChI=1S/C10H16N4.2ClH/c11-9-5-1-3-7(13-9)6-2-4-8(5)14-10(6)12;;/h5-8H,1-4H2,(H2,11,13)(H2,12,14);2*1H. The Bertz CT molecular complexity index is 297. The lowest BCUT2D eigenvalue weighted by Crippen LogP contribution is -2.49. The number of halogens is 2. The molecule has 4 bridgehead atoms. The molecule has 4 unspecified atom stereocenters. The molecule has 1 aliphatic carbocycles. The Hall–Kier alpha value is -0.480. The van der Waals surface area contributed by atoms with Gasteiger partial charge in [-0.1, -0.05) is 0 Å². The van der Waals surface area contributed by atoms with E-state index in [2.05, 4.69) is 9.98 Å². The summed E-state index contributed by atoms with van der Waals surface area (Å²) in [6.07, 6.45) is 4.58. The van der Waals surface area contributed by atoms with Crippen LogP contribution in [0.15, 0.2) is 9.98 Å². The predicted molar refractivity (Wildman–Crippen MR) is 70.8 cm³/mol. The average molecular weight is 265 g/mol. The van der Waals surface area contributed by atoms with Gasteiger partial charge >= 0.3 is 0 Å². The third-order valence-corrected chi connectivity index (χ3v) is 3.87. The van der Waals surface area contributed by atoms with E-state index in [4.69, 9.17) is 11.5 Å². The minimum absolute atomic E-state index is 0. The molecule has 5 aliphatic heterocycles. The van der Waals surface area contributed by atoms with E-state index >= 15 is 0 Å². The highest BCUT2D eigenvalue weighted by atomic mass is 35.5. The van der Waals surface area contributed by atoms with Crippen LogP contribution in [0, 0.1) is 11.8 Å². The van der Waals surface area contributed by atoms with Crippen LogP contribution in [0.3, 0.4) is 0 Å². The van der Waals surface area contributed by atoms with Crippen molar-refractivity contribution in [2.24, 2.45) is 33.3 Å². The summed E-state index contributed by atoms with van der Waals surface area (Å²) in [6.45, 7) is 0. The molecule has 0 aromatic carbocycles. The van der Waals surface area contributed by atoms with Gasteiger partial charge in [0, 0.05) is 11.8 Å². The van der Waals surface area contributed by atoms with Crippen LogP contribution >= 0.6 is 24.8 Å². The van der Waals surface area contributed by atoms with Crippen molar-refractivity contribution in [1.29, 1.82) is 0 Å². The Labute approximate surface area is 108 Å². The topological polar surface area (TPSA) is 76.8 Å². The zero-order valence-electron chi connectivity index (χ0n) is 9.00. The first-order valence-corrected chi connectivity index (χ1v) is 5.42. The highest BCUT2D eigenvalue weighted by molar-refractivity contribution is 5.90. The monoisotopic (exact) mass is 264 g/mol. The lowest BCUT2D eigenvalue weighted by Gasteiger charge is -2.41. The largest absolute Gasteiger partial charge is 0.387 e. The van der Waals surface area contributed by atoms with Gasteiger partial charge < -0.3 is 11.5 Å². The number of nitrogens with zero attached hydrogens (tertiary/aromatic N) is 2. The van der Waals surface area contributed by atoms with Crippen molar-refractivity contribution in [1.82, 2.24) is 0 Å². The maximum absolute atomic E-state index is 5.96. The fourth-order valence-corrected chi connectivity index (χ4v) is 3.06. The number of hydrogen-bond acceptors (Lipinski definition) is 4. The minimum Gasteiger partial charge on any atom is -0.387 e. The SMILES string of the molecule is Cl.Cl.NC1=NC2CCC1C1CCC2C(N)=N1. The molecule has 16 heavy (non-hydrogen) atoms. The molecule has 0 radical (unpaired) electrons. The van der Waals surface area contributed by atoms with Gasteiger partial charge in [0.05, 0.1) is 23.8 Å². The molecular formula is C10H18Cl2N4. The van der Waals surface area contributed by atoms with Gasteiger partial charge in [0.15, 0.2) is 0 Å². The fraction of sp³-hybridized carbons (Fsp3) is 0.800. The number of aliphatic imine (C=N–C) groups is 2. The molecule has 6 aliphatic rings. The van der Waals surface area contributed by atoms with Gasteiger partial charge in [-0.3, -0.25) is 9.98 Å². The molecule has 6 heteroatoms. The van der Waals surface area contributed by atoms with Crippen LogP contribution in [-0.4, -0.2) is 23.8 Å². The van der Waals surface area contributed by atoms with Gasteiger partial charge in [0.1, 0.15) is 0 Å². The first kappa shape index (κ1) is 13.6. The zero-order valence-corrected chi connectivity index (χ0v) is 10.6. The molecule has 0 spiro atoms. The number of nitrogens with two attached hydrogens (primary N) is 2. The second-order valence-corrected chi connectivity index (χ2v) is 4.61. The highest BCUT2D eigenvalue weighted by Crippen LogP contribution is 2.37. The van der Waals surface area contributed by atoms with E-state index in [0.717, 1.165) is 37.4 Å². The summed E-state index contributed by atoms with van der Waals surface area (Å²) in [5.41, 5.74) is 11.9. The Morgan fingerprint density at radius 2 is 1.12 bits per heavy atom. The summed E-state index contributed by atoms with van der Waals surface area (Å²) in [5, 5.41) is 0. The van der Waals surface area contributed by atoms with Crippen LogP contribution in [0.5, 0.6) is 0 Å². The van der Waals surface area contributed by atoms with Crippen LogP contribution in [-0.2, 0) is 0 Å². The second-order valence-electron chi connectivity index (χ2n) is 4.61. The Kier molecular flexibility index (Phi) is 4.07. The normalized spacial score (nSPS) is 39.8. The van der Waals surface area contributed by atoms with Crippen LogP contribution in [0.1, 0.15) is 25.7 Å². The molecule has 0 aromatic heterocycles. The van der Waals surface area contributed by atoms with E-state index in [0.29, 0.717) is 23.9 Å². The van der Waals surface area contributed by atoms with Gasteiger partial charge in [-0.2, -0.15) is 0 Å². The van der Waals surface area contributed by atoms with E-state index in [9.17, 15) is 0 Å². The first-order chi connectivity index (χ1) is 6.75. The average Bonchev–Trinajstić information content (AvgIpc) is 2.13. The van der Waals surface area contributed by atoms with Gasteiger partial charge in [0.25, 0.3) is 0 Å². The van der Waals surface area contributed by atoms with E-state index in [-0.39, 0.29) is 24.8 Å². The number of hydrogen-bond donors (Lipinski definition) is 2. The molecule has 0 aromatic rings. The number of amidine groups is 2. The molecule has 5 heterocycles. The van der Waals surface area contributed by atoms with Crippen LogP contribution in [0.2, 0.25) is 0 Å². The number of rotatable bonds is 0. The van der Waals surface area contributed by atoms with Crippen LogP contribution < -0.4 is 11.5 Å². The molecule has 4 nitrogen and oxygen atoms in total. The molecule has 0 amide bonds. The summed E-state index contributed by atoms with van der Waals surface area (Å²) in [5.74, 6) is 2.39. The van der Waals surface area contributed by atoms with Crippen molar-refractivity contribution >= 4 is 36.5 Å². The van der Waals surface area contributed by atoms with Crippen molar-refractivity contribution < 1.29 is 0 Å². The Morgan fingerprint density at radius 3 is 1.44 bits per heavy atom. The smallest absolute Gasteiger partial charge is 0.0993 e. The molecule has 1 saturated carbocycles. The first-order valence-electron chi connectivity index (χ1n) is 5.42. The van der Waals surface area contributed by atoms with E-state index < -0.39 is 0 Å². The highest BCUT2D eigenvalue weighted by Gasteiger charge is 2.41. The van der Waals surface area contributed by atoms with E-state index in [1.54, 1.807) is 0 Å². The third-order valence-electron chi connectivity index (χ3n) is 3.87. The van der Waals surface area contributed by atoms with Gasteiger partial charge in [-0.15, -0.1) is 24.8 Å². The zero-order chi connectivity index (χ0) is 9.71. The fourth-order valence-electron chi connectivity index (χ4n) is 3.06. The summed E-state index contributed by atoms with van der Waals surface area (Å²) < 4.78 is 0. The van der Waals surface area contributed by atoms with Crippen LogP contribution in [0.4, 0.5) is 0 Å². The summed E-state index contributed by atoms with van der Waals surface area (Å²) in [7, 11) is 0. The maximum Gasteiger partial charge on any atom is 0.0993 e. The van der Waals surface area contributed by atoms with E-state index in [1.807, 2.05) is 0 Å². The second kappa shape index (κ2) is 4.80. The van der Waals surface area contributed by atoms with Gasteiger partial charge in [-0.05, 0) is 25.7 Å². The minimum atomic E-state index is 0. The summed E-state index contributed by atoms with van der Waals surface area (Å²) in [4.78, 5) is 9.14. The van der Waals surface area contributed by atoms with Crippen molar-refractivity contribution in [3.05, 3.63) is 0 Å². The molecule has 6 rings (SSSR count). The summed E-state index contributed by atoms with van der Waals surface area (Å²) in [6, 6.07) is 0.632. The molecular weight excluding hydrogens is 247 g/mol.